The molecule has 0 amide bonds. The van der Waals surface area contributed by atoms with Crippen LogP contribution >= 0.6 is 0 Å². The molecule has 0 bridgehead atoms. The molecule has 0 heterocycles. The van der Waals surface area contributed by atoms with E-state index in [2.05, 4.69) is 18.8 Å². The molecule has 0 aromatic heterocycles. The number of hydrogen-bond acceptors (Lipinski definition) is 6. The molecule has 2 aromatic carbocycles. The Balaban J connectivity index is 1.51. The molecule has 0 radical (unpaired) electrons. The number of phenolic OH excluding ortho intramolecular Hbond substituents is 2. The van der Waals surface area contributed by atoms with E-state index in [1.807, 2.05) is 38.1 Å². The molecule has 6 heteroatoms. The van der Waals surface area contributed by atoms with E-state index in [-0.39, 0.29) is 11.5 Å². The molecular formula is C54H92N2O4. The number of ether oxygens (including phenoxy) is 2. The fraction of sp³-hybridized carbons (Fsp3) is 0.741. The predicted molar refractivity (Wildman–Crippen MR) is 260 cm³/mol. The molecule has 6 nitrogen and oxygen atoms in total. The van der Waals surface area contributed by atoms with Crippen molar-refractivity contribution in [3.63, 3.8) is 0 Å². The van der Waals surface area contributed by atoms with Gasteiger partial charge < -0.3 is 19.7 Å². The summed E-state index contributed by atoms with van der Waals surface area (Å²) in [6.45, 7) is 10.3. The van der Waals surface area contributed by atoms with Gasteiger partial charge in [0.1, 0.15) is 23.0 Å². The maximum absolute atomic E-state index is 10.6. The van der Waals surface area contributed by atoms with Crippen LogP contribution in [0.2, 0.25) is 0 Å². The molecule has 0 spiro atoms. The summed E-state index contributed by atoms with van der Waals surface area (Å²) < 4.78 is 11.9. The van der Waals surface area contributed by atoms with Gasteiger partial charge in [0.15, 0.2) is 0 Å². The molecule has 0 saturated heterocycles. The van der Waals surface area contributed by atoms with Crippen LogP contribution in [0.5, 0.6) is 23.0 Å². The summed E-state index contributed by atoms with van der Waals surface area (Å²) in [5.41, 5.74) is 0.809. The molecule has 342 valence electrons. The van der Waals surface area contributed by atoms with Crippen LogP contribution in [0.1, 0.15) is 244 Å². The van der Waals surface area contributed by atoms with Gasteiger partial charge in [-0.1, -0.05) is 206 Å². The quantitative estimate of drug-likeness (QED) is 0.0516. The molecule has 0 unspecified atom stereocenters. The average molecular weight is 833 g/mol. The Morgan fingerprint density at radius 3 is 1.05 bits per heavy atom. The van der Waals surface area contributed by atoms with E-state index in [1.165, 1.54) is 193 Å². The van der Waals surface area contributed by atoms with Crippen molar-refractivity contribution in [1.82, 2.24) is 0 Å². The molecule has 0 saturated carbocycles. The first-order valence-corrected chi connectivity index (χ1v) is 25.3. The minimum absolute atomic E-state index is 0.157. The molecule has 0 fully saturated rings. The van der Waals surface area contributed by atoms with Crippen molar-refractivity contribution in [1.29, 1.82) is 0 Å². The molecule has 0 aliphatic carbocycles. The highest BCUT2D eigenvalue weighted by Crippen LogP contribution is 2.25. The number of aliphatic imine (C=N–C) groups is 2. The summed E-state index contributed by atoms with van der Waals surface area (Å²) in [6.07, 6.45) is 46.7. The maximum Gasteiger partial charge on any atom is 0.128 e. The smallest absolute Gasteiger partial charge is 0.128 e. The predicted octanol–water partition coefficient (Wildman–Crippen LogP) is 16.7. The second kappa shape index (κ2) is 36.6. The monoisotopic (exact) mass is 833 g/mol. The van der Waals surface area contributed by atoms with Crippen molar-refractivity contribution in [3.8, 4) is 23.0 Å². The van der Waals surface area contributed by atoms with E-state index < -0.39 is 5.54 Å². The maximum atomic E-state index is 10.6. The van der Waals surface area contributed by atoms with Crippen molar-refractivity contribution >= 4 is 12.4 Å². The average Bonchev–Trinajstić information content (AvgIpc) is 3.23. The van der Waals surface area contributed by atoms with Gasteiger partial charge in [0, 0.05) is 35.7 Å². The lowest BCUT2D eigenvalue weighted by atomic mass is 10.0. The van der Waals surface area contributed by atoms with Crippen LogP contribution < -0.4 is 9.47 Å². The van der Waals surface area contributed by atoms with Crippen molar-refractivity contribution in [2.45, 2.75) is 239 Å². The second-order valence-electron chi connectivity index (χ2n) is 18.3. The SMILES string of the molecule is CCCCCCCCCCCCCCCCCCOc1ccc(C=NCC(C)(C)N=Cc2ccc(OCCCCCCCCCCCCCCCCCC)cc2O)c(O)c1. The molecule has 2 N–H and O–H groups in total. The first kappa shape index (κ1) is 53.1. The lowest BCUT2D eigenvalue weighted by Crippen LogP contribution is -2.21. The number of benzene rings is 2. The highest BCUT2D eigenvalue weighted by Gasteiger charge is 2.15. The summed E-state index contributed by atoms with van der Waals surface area (Å²) in [4.78, 5) is 9.28. The third kappa shape index (κ3) is 29.3. The summed E-state index contributed by atoms with van der Waals surface area (Å²) >= 11 is 0. The number of phenols is 2. The third-order valence-corrected chi connectivity index (χ3v) is 11.8. The third-order valence-electron chi connectivity index (χ3n) is 11.8. The van der Waals surface area contributed by atoms with Gasteiger partial charge in [-0.05, 0) is 51.0 Å². The molecule has 0 aliphatic heterocycles. The first-order chi connectivity index (χ1) is 29.3. The summed E-state index contributed by atoms with van der Waals surface area (Å²) in [6, 6.07) is 10.8. The van der Waals surface area contributed by atoms with E-state index in [4.69, 9.17) is 14.5 Å². The normalized spacial score (nSPS) is 12.0. The highest BCUT2D eigenvalue weighted by molar-refractivity contribution is 5.85. The van der Waals surface area contributed by atoms with Gasteiger partial charge in [-0.2, -0.15) is 0 Å². The van der Waals surface area contributed by atoms with Gasteiger partial charge >= 0.3 is 0 Å². The molecule has 0 atom stereocenters. The molecule has 0 aliphatic rings. The first-order valence-electron chi connectivity index (χ1n) is 25.3. The van der Waals surface area contributed by atoms with Gasteiger partial charge in [-0.25, -0.2) is 0 Å². The fourth-order valence-corrected chi connectivity index (χ4v) is 7.78. The summed E-state index contributed by atoms with van der Waals surface area (Å²) in [5.74, 6) is 1.69. The Hall–Kier alpha value is -3.02. The van der Waals surface area contributed by atoms with Gasteiger partial charge in [-0.3, -0.25) is 9.98 Å². The zero-order valence-electron chi connectivity index (χ0n) is 39.5. The molecule has 2 rings (SSSR count). The number of unbranched alkanes of at least 4 members (excludes halogenated alkanes) is 30. The molecule has 60 heavy (non-hydrogen) atoms. The Morgan fingerprint density at radius 2 is 0.733 bits per heavy atom. The Labute approximate surface area is 369 Å². The molecular weight excluding hydrogens is 741 g/mol. The van der Waals surface area contributed by atoms with Gasteiger partial charge in [0.2, 0.25) is 0 Å². The Morgan fingerprint density at radius 1 is 0.433 bits per heavy atom. The van der Waals surface area contributed by atoms with Crippen molar-refractivity contribution in [3.05, 3.63) is 47.5 Å². The lowest BCUT2D eigenvalue weighted by molar-refractivity contribution is 0.302. The van der Waals surface area contributed by atoms with Gasteiger partial charge in [-0.15, -0.1) is 0 Å². The molecule has 2 aromatic rings. The zero-order chi connectivity index (χ0) is 43.2. The highest BCUT2D eigenvalue weighted by atomic mass is 16.5. The van der Waals surface area contributed by atoms with Crippen LogP contribution in [0.3, 0.4) is 0 Å². The number of nitrogens with zero attached hydrogens (tertiary/aromatic N) is 2. The van der Waals surface area contributed by atoms with Crippen molar-refractivity contribution < 1.29 is 19.7 Å². The van der Waals surface area contributed by atoms with E-state index in [0.717, 1.165) is 12.8 Å². The van der Waals surface area contributed by atoms with Crippen LogP contribution in [0.4, 0.5) is 0 Å². The van der Waals surface area contributed by atoms with E-state index in [1.54, 1.807) is 24.6 Å². The number of aromatic hydroxyl groups is 2. The second-order valence-corrected chi connectivity index (χ2v) is 18.3. The Kier molecular flexibility index (Phi) is 32.4. The minimum atomic E-state index is -0.489. The van der Waals surface area contributed by atoms with Crippen molar-refractivity contribution in [2.75, 3.05) is 19.8 Å². The fourth-order valence-electron chi connectivity index (χ4n) is 7.78. The van der Waals surface area contributed by atoms with Gasteiger partial charge in [0.05, 0.1) is 25.3 Å². The van der Waals surface area contributed by atoms with E-state index in [9.17, 15) is 10.2 Å². The number of hydrogen-bond donors (Lipinski definition) is 2. The van der Waals surface area contributed by atoms with Crippen LogP contribution in [-0.4, -0.2) is 47.9 Å². The topological polar surface area (TPSA) is 83.6 Å². The van der Waals surface area contributed by atoms with E-state index in [0.29, 0.717) is 42.4 Å². The van der Waals surface area contributed by atoms with Crippen LogP contribution in [0.25, 0.3) is 0 Å². The Bertz CT molecular complexity index is 1360. The van der Waals surface area contributed by atoms with Crippen LogP contribution in [0, 0.1) is 0 Å². The largest absolute Gasteiger partial charge is 0.507 e. The lowest BCUT2D eigenvalue weighted by Gasteiger charge is -2.16. The van der Waals surface area contributed by atoms with Crippen LogP contribution in [-0.2, 0) is 0 Å². The van der Waals surface area contributed by atoms with Gasteiger partial charge in [0.25, 0.3) is 0 Å². The van der Waals surface area contributed by atoms with E-state index >= 15 is 0 Å². The zero-order valence-corrected chi connectivity index (χ0v) is 39.5. The van der Waals surface area contributed by atoms with Crippen LogP contribution in [0.15, 0.2) is 46.4 Å². The summed E-state index contributed by atoms with van der Waals surface area (Å²) in [5, 5.41) is 21.2. The van der Waals surface area contributed by atoms with Crippen molar-refractivity contribution in [2.24, 2.45) is 9.98 Å². The minimum Gasteiger partial charge on any atom is -0.507 e. The standard InChI is InChI=1S/C54H92N2O4/c1-5-7-9-11-13-15-17-19-21-23-25-27-29-31-33-35-41-59-50-39-37-48(52(57)43-50)45-55-47-54(3,4)56-46-49-38-40-51(44-53(49)58)60-42-36-34-32-30-28-26-24-22-20-18-16-14-12-10-8-6-2/h37-40,43-46,57-58H,5-36,41-42,47H2,1-4H3. The summed E-state index contributed by atoms with van der Waals surface area (Å²) in [7, 11) is 0. The number of rotatable bonds is 41.